The van der Waals surface area contributed by atoms with E-state index in [4.69, 9.17) is 5.73 Å². The van der Waals surface area contributed by atoms with Crippen LogP contribution in [0.15, 0.2) is 42.1 Å². The van der Waals surface area contributed by atoms with Gasteiger partial charge in [0.15, 0.2) is 0 Å². The third kappa shape index (κ3) is 4.01. The van der Waals surface area contributed by atoms with Crippen LogP contribution in [0.2, 0.25) is 0 Å². The topological polar surface area (TPSA) is 134 Å². The largest absolute Gasteiger partial charge is 0.368 e. The smallest absolute Gasteiger partial charge is 0.244 e. The van der Waals surface area contributed by atoms with Crippen LogP contribution in [0.1, 0.15) is 12.5 Å². The average Bonchev–Trinajstić information content (AvgIpc) is 3.29. The van der Waals surface area contributed by atoms with Crippen molar-refractivity contribution in [2.45, 2.75) is 18.2 Å². The Morgan fingerprint density at radius 1 is 0.970 bits per heavy atom. The van der Waals surface area contributed by atoms with Gasteiger partial charge in [0.1, 0.15) is 17.0 Å². The average molecular weight is 468 g/mol. The van der Waals surface area contributed by atoms with Crippen molar-refractivity contribution in [2.75, 3.05) is 49.9 Å². The second kappa shape index (κ2) is 8.61. The SMILES string of the molecule is CCN1CCN(S(=O)(=O)c2cncc(N3CCc4c(-c5cnc(N)nc5)ncnc43)c2)CC1. The molecule has 5 heterocycles. The van der Waals surface area contributed by atoms with Gasteiger partial charge in [0, 0.05) is 62.4 Å². The van der Waals surface area contributed by atoms with E-state index in [9.17, 15) is 8.42 Å². The van der Waals surface area contributed by atoms with E-state index in [0.29, 0.717) is 31.7 Å². The summed E-state index contributed by atoms with van der Waals surface area (Å²) in [6, 6.07) is 1.68. The zero-order chi connectivity index (χ0) is 23.0. The van der Waals surface area contributed by atoms with E-state index in [-0.39, 0.29) is 10.8 Å². The highest BCUT2D eigenvalue weighted by Gasteiger charge is 2.31. The summed E-state index contributed by atoms with van der Waals surface area (Å²) in [6.07, 6.45) is 8.55. The maximum atomic E-state index is 13.3. The molecule has 0 aliphatic carbocycles. The van der Waals surface area contributed by atoms with Crippen molar-refractivity contribution in [3.8, 4) is 11.3 Å². The zero-order valence-electron chi connectivity index (χ0n) is 18.3. The first-order chi connectivity index (χ1) is 16.0. The van der Waals surface area contributed by atoms with Crippen molar-refractivity contribution >= 4 is 27.5 Å². The standard InChI is InChI=1S/C21H25N9O2S/c1-2-28-5-7-29(8-6-28)33(31,32)17-9-16(12-23-13-17)30-4-3-18-19(26-14-27-20(18)30)15-10-24-21(22)25-11-15/h9-14H,2-8H2,1H3,(H2,22,24,25). The molecule has 3 aromatic rings. The van der Waals surface area contributed by atoms with Crippen molar-refractivity contribution in [3.63, 3.8) is 0 Å². The molecule has 0 atom stereocenters. The first-order valence-corrected chi connectivity index (χ1v) is 12.3. The second-order valence-corrected chi connectivity index (χ2v) is 9.91. The van der Waals surface area contributed by atoms with E-state index in [1.54, 1.807) is 29.0 Å². The van der Waals surface area contributed by atoms with Gasteiger partial charge in [0.2, 0.25) is 16.0 Å². The van der Waals surface area contributed by atoms with Crippen LogP contribution in [0.3, 0.4) is 0 Å². The normalized spacial score (nSPS) is 17.3. The molecule has 3 aromatic heterocycles. The molecule has 11 nitrogen and oxygen atoms in total. The maximum absolute atomic E-state index is 13.3. The van der Waals surface area contributed by atoms with Gasteiger partial charge >= 0.3 is 0 Å². The minimum absolute atomic E-state index is 0.194. The number of aromatic nitrogens is 5. The highest BCUT2D eigenvalue weighted by Crippen LogP contribution is 2.37. The second-order valence-electron chi connectivity index (χ2n) is 7.97. The van der Waals surface area contributed by atoms with Crippen molar-refractivity contribution in [1.82, 2.24) is 34.1 Å². The Labute approximate surface area is 192 Å². The quantitative estimate of drug-likeness (QED) is 0.577. The first-order valence-electron chi connectivity index (χ1n) is 10.8. The van der Waals surface area contributed by atoms with E-state index < -0.39 is 10.0 Å². The van der Waals surface area contributed by atoms with Gasteiger partial charge in [-0.2, -0.15) is 4.31 Å². The number of nitrogens with two attached hydrogens (primary N) is 1. The van der Waals surface area contributed by atoms with E-state index in [0.717, 1.165) is 42.3 Å². The minimum Gasteiger partial charge on any atom is -0.368 e. The molecule has 0 spiro atoms. The lowest BCUT2D eigenvalue weighted by molar-refractivity contribution is 0.196. The van der Waals surface area contributed by atoms with Gasteiger partial charge in [-0.05, 0) is 19.0 Å². The van der Waals surface area contributed by atoms with Crippen molar-refractivity contribution in [1.29, 1.82) is 0 Å². The number of likely N-dealkylation sites (N-methyl/N-ethyl adjacent to an activating group) is 1. The van der Waals surface area contributed by atoms with Crippen LogP contribution in [-0.2, 0) is 16.4 Å². The molecule has 0 radical (unpaired) electrons. The molecule has 172 valence electrons. The molecule has 0 bridgehead atoms. The van der Waals surface area contributed by atoms with Crippen LogP contribution in [0.5, 0.6) is 0 Å². The fourth-order valence-corrected chi connectivity index (χ4v) is 5.69. The Morgan fingerprint density at radius 2 is 1.73 bits per heavy atom. The van der Waals surface area contributed by atoms with E-state index in [2.05, 4.69) is 36.7 Å². The number of rotatable bonds is 5. The molecule has 1 saturated heterocycles. The Morgan fingerprint density at radius 3 is 2.45 bits per heavy atom. The summed E-state index contributed by atoms with van der Waals surface area (Å²) in [7, 11) is -3.62. The molecule has 2 aliphatic heterocycles. The molecule has 2 N–H and O–H groups in total. The highest BCUT2D eigenvalue weighted by molar-refractivity contribution is 7.89. The Hall–Kier alpha value is -3.22. The lowest BCUT2D eigenvalue weighted by atomic mass is 10.1. The number of hydrogen-bond acceptors (Lipinski definition) is 10. The molecule has 0 unspecified atom stereocenters. The fraction of sp³-hybridized carbons (Fsp3) is 0.381. The van der Waals surface area contributed by atoms with E-state index in [1.165, 1.54) is 12.5 Å². The number of anilines is 3. The molecular formula is C21H25N9O2S. The summed E-state index contributed by atoms with van der Waals surface area (Å²) >= 11 is 0. The van der Waals surface area contributed by atoms with Gasteiger partial charge in [-0.3, -0.25) is 4.98 Å². The van der Waals surface area contributed by atoms with Crippen molar-refractivity contribution in [3.05, 3.63) is 42.7 Å². The summed E-state index contributed by atoms with van der Waals surface area (Å²) in [5.41, 5.74) is 8.74. The van der Waals surface area contributed by atoms with Crippen molar-refractivity contribution < 1.29 is 8.42 Å². The number of nitrogen functional groups attached to an aromatic ring is 1. The summed E-state index contributed by atoms with van der Waals surface area (Å²) < 4.78 is 28.1. The molecule has 0 saturated carbocycles. The molecule has 2 aliphatic rings. The predicted molar refractivity (Wildman–Crippen MR) is 123 cm³/mol. The maximum Gasteiger partial charge on any atom is 0.244 e. The van der Waals surface area contributed by atoms with E-state index in [1.807, 2.05) is 4.90 Å². The summed E-state index contributed by atoms with van der Waals surface area (Å²) in [5, 5.41) is 0. The van der Waals surface area contributed by atoms with Gasteiger partial charge in [-0.15, -0.1) is 0 Å². The van der Waals surface area contributed by atoms with E-state index >= 15 is 0 Å². The number of nitrogens with zero attached hydrogens (tertiary/aromatic N) is 8. The Bertz CT molecular complexity index is 1260. The summed E-state index contributed by atoms with van der Waals surface area (Å²) in [5.74, 6) is 0.927. The van der Waals surface area contributed by atoms with Gasteiger partial charge in [-0.25, -0.2) is 28.4 Å². The number of sulfonamides is 1. The third-order valence-electron chi connectivity index (χ3n) is 6.14. The fourth-order valence-electron chi connectivity index (χ4n) is 4.29. The third-order valence-corrected chi connectivity index (χ3v) is 8.00. The Balaban J connectivity index is 1.44. The lowest BCUT2D eigenvalue weighted by Crippen LogP contribution is -2.48. The zero-order valence-corrected chi connectivity index (χ0v) is 19.1. The van der Waals surface area contributed by atoms with Gasteiger partial charge in [-0.1, -0.05) is 6.92 Å². The highest BCUT2D eigenvalue weighted by atomic mass is 32.2. The molecule has 1 fully saturated rings. The lowest BCUT2D eigenvalue weighted by Gasteiger charge is -2.33. The van der Waals surface area contributed by atoms with Gasteiger partial charge in [0.05, 0.1) is 17.6 Å². The summed E-state index contributed by atoms with van der Waals surface area (Å²) in [6.45, 7) is 6.07. The number of piperazine rings is 1. The monoisotopic (exact) mass is 467 g/mol. The van der Waals surface area contributed by atoms with Crippen molar-refractivity contribution in [2.24, 2.45) is 0 Å². The first kappa shape index (κ1) is 21.6. The summed E-state index contributed by atoms with van der Waals surface area (Å²) in [4.78, 5) is 25.7. The number of fused-ring (bicyclic) bond motifs is 1. The number of hydrogen-bond donors (Lipinski definition) is 1. The van der Waals surface area contributed by atoms with Crippen LogP contribution in [0, 0.1) is 0 Å². The van der Waals surface area contributed by atoms with Crippen LogP contribution < -0.4 is 10.6 Å². The molecule has 5 rings (SSSR count). The van der Waals surface area contributed by atoms with Crippen LogP contribution >= 0.6 is 0 Å². The van der Waals surface area contributed by atoms with Crippen LogP contribution in [0.4, 0.5) is 17.5 Å². The number of pyridine rings is 1. The van der Waals surface area contributed by atoms with Crippen LogP contribution in [-0.4, -0.2) is 81.8 Å². The predicted octanol–water partition coefficient (Wildman–Crippen LogP) is 0.931. The van der Waals surface area contributed by atoms with Gasteiger partial charge < -0.3 is 15.5 Å². The molecule has 0 amide bonds. The molecule has 33 heavy (non-hydrogen) atoms. The Kier molecular flexibility index (Phi) is 5.64. The molecule has 0 aromatic carbocycles. The van der Waals surface area contributed by atoms with Crippen LogP contribution in [0.25, 0.3) is 11.3 Å². The van der Waals surface area contributed by atoms with Gasteiger partial charge in [0.25, 0.3) is 0 Å². The molecular weight excluding hydrogens is 442 g/mol. The molecule has 12 heteroatoms. The minimum atomic E-state index is -3.62.